The Labute approximate surface area is 187 Å². The van der Waals surface area contributed by atoms with Crippen molar-refractivity contribution >= 4 is 61.5 Å². The van der Waals surface area contributed by atoms with Gasteiger partial charge < -0.3 is 10.6 Å². The molecule has 0 unspecified atom stereocenters. The van der Waals surface area contributed by atoms with E-state index in [4.69, 9.17) is 11.6 Å². The van der Waals surface area contributed by atoms with E-state index >= 15 is 0 Å². The van der Waals surface area contributed by atoms with E-state index in [9.17, 15) is 9.59 Å². The van der Waals surface area contributed by atoms with Gasteiger partial charge in [0.2, 0.25) is 0 Å². The zero-order chi connectivity index (χ0) is 21.1. The normalized spacial score (nSPS) is 10.6. The number of rotatable bonds is 4. The molecule has 2 amide bonds. The highest BCUT2D eigenvalue weighted by molar-refractivity contribution is 9.10. The third kappa shape index (κ3) is 4.22. The van der Waals surface area contributed by atoms with Gasteiger partial charge in [0.1, 0.15) is 0 Å². The van der Waals surface area contributed by atoms with Gasteiger partial charge in [-0.15, -0.1) is 0 Å². The minimum Gasteiger partial charge on any atom is -0.322 e. The summed E-state index contributed by atoms with van der Waals surface area (Å²) in [6.07, 6.45) is 0. The van der Waals surface area contributed by atoms with Gasteiger partial charge >= 0.3 is 0 Å². The Hall–Kier alpha value is -3.15. The lowest BCUT2D eigenvalue weighted by molar-refractivity contribution is 0.102. The van der Waals surface area contributed by atoms with Crippen LogP contribution < -0.4 is 10.6 Å². The van der Waals surface area contributed by atoms with E-state index in [1.54, 1.807) is 54.6 Å². The maximum atomic E-state index is 12.9. The first-order valence-corrected chi connectivity index (χ1v) is 10.3. The van der Waals surface area contributed by atoms with Crippen LogP contribution in [0.4, 0.5) is 11.4 Å². The molecule has 0 bridgehead atoms. The molecule has 0 spiro atoms. The Bertz CT molecular complexity index is 1270. The molecule has 4 rings (SSSR count). The van der Waals surface area contributed by atoms with Gasteiger partial charge in [-0.3, -0.25) is 9.59 Å². The molecule has 0 aliphatic rings. The second-order valence-corrected chi connectivity index (χ2v) is 7.87. The van der Waals surface area contributed by atoms with Crippen molar-refractivity contribution in [3.63, 3.8) is 0 Å². The van der Waals surface area contributed by atoms with Crippen LogP contribution >= 0.6 is 27.5 Å². The van der Waals surface area contributed by atoms with Crippen LogP contribution in [-0.4, -0.2) is 11.8 Å². The number of amides is 2. The van der Waals surface area contributed by atoms with E-state index in [2.05, 4.69) is 26.6 Å². The number of hydrogen-bond donors (Lipinski definition) is 2. The molecule has 0 atom stereocenters. The summed E-state index contributed by atoms with van der Waals surface area (Å²) in [5.41, 5.74) is 2.08. The van der Waals surface area contributed by atoms with Crippen molar-refractivity contribution in [1.29, 1.82) is 0 Å². The molecule has 0 saturated carbocycles. The smallest absolute Gasteiger partial charge is 0.257 e. The lowest BCUT2D eigenvalue weighted by atomic mass is 10.0. The zero-order valence-corrected chi connectivity index (χ0v) is 18.0. The summed E-state index contributed by atoms with van der Waals surface area (Å²) < 4.78 is 0.930. The van der Waals surface area contributed by atoms with Crippen LogP contribution in [0.5, 0.6) is 0 Å². The summed E-state index contributed by atoms with van der Waals surface area (Å²) in [6.45, 7) is 0. The highest BCUT2D eigenvalue weighted by atomic mass is 79.9. The Morgan fingerprint density at radius 1 is 0.667 bits per heavy atom. The Morgan fingerprint density at radius 2 is 1.23 bits per heavy atom. The number of hydrogen-bond acceptors (Lipinski definition) is 2. The number of nitrogens with one attached hydrogen (secondary N) is 2. The molecule has 0 aliphatic carbocycles. The molecular weight excluding hydrogens is 464 g/mol. The molecule has 0 radical (unpaired) electrons. The lowest BCUT2D eigenvalue weighted by Gasteiger charge is -2.11. The van der Waals surface area contributed by atoms with Crippen LogP contribution in [0.2, 0.25) is 5.02 Å². The highest BCUT2D eigenvalue weighted by Crippen LogP contribution is 2.27. The fourth-order valence-electron chi connectivity index (χ4n) is 3.19. The van der Waals surface area contributed by atoms with Crippen LogP contribution in [0, 0.1) is 0 Å². The molecule has 148 valence electrons. The van der Waals surface area contributed by atoms with Crippen LogP contribution in [0.25, 0.3) is 10.8 Å². The van der Waals surface area contributed by atoms with Gasteiger partial charge in [-0.05, 0) is 53.2 Å². The van der Waals surface area contributed by atoms with Gasteiger partial charge in [0, 0.05) is 21.4 Å². The van der Waals surface area contributed by atoms with Crippen molar-refractivity contribution in [2.24, 2.45) is 0 Å². The van der Waals surface area contributed by atoms with Gasteiger partial charge in [-0.25, -0.2) is 0 Å². The van der Waals surface area contributed by atoms with E-state index < -0.39 is 0 Å². The highest BCUT2D eigenvalue weighted by Gasteiger charge is 2.13. The van der Waals surface area contributed by atoms with Gasteiger partial charge in [0.05, 0.1) is 10.6 Å². The standard InChI is InChI=1S/C24H16BrClN2O2/c25-21-12-5-9-17-18(21)10-4-11-19(17)23(29)27-15-6-3-7-16(14-15)28-24(30)20-8-1-2-13-22(20)26/h1-14H,(H,27,29)(H,28,30). The largest absolute Gasteiger partial charge is 0.322 e. The molecule has 0 aliphatic heterocycles. The second kappa shape index (κ2) is 8.69. The van der Waals surface area contributed by atoms with E-state index in [0.29, 0.717) is 27.5 Å². The molecule has 0 aromatic heterocycles. The van der Waals surface area contributed by atoms with E-state index in [1.807, 2.05) is 30.3 Å². The maximum Gasteiger partial charge on any atom is 0.257 e. The fraction of sp³-hybridized carbons (Fsp3) is 0. The first-order valence-electron chi connectivity index (χ1n) is 9.17. The summed E-state index contributed by atoms with van der Waals surface area (Å²) in [5.74, 6) is -0.545. The van der Waals surface area contributed by atoms with Crippen molar-refractivity contribution < 1.29 is 9.59 Å². The van der Waals surface area contributed by atoms with Gasteiger partial charge in [-0.2, -0.15) is 0 Å². The Balaban J connectivity index is 1.55. The predicted molar refractivity (Wildman–Crippen MR) is 125 cm³/mol. The summed E-state index contributed by atoms with van der Waals surface area (Å²) in [6, 6.07) is 25.2. The number of carbonyl (C=O) groups is 2. The molecule has 4 aromatic rings. The first-order chi connectivity index (χ1) is 14.5. The van der Waals surface area contributed by atoms with Gasteiger partial charge in [-0.1, -0.05) is 70.0 Å². The monoisotopic (exact) mass is 478 g/mol. The fourth-order valence-corrected chi connectivity index (χ4v) is 3.91. The zero-order valence-electron chi connectivity index (χ0n) is 15.7. The minimum absolute atomic E-state index is 0.228. The summed E-state index contributed by atoms with van der Waals surface area (Å²) in [7, 11) is 0. The van der Waals surface area contributed by atoms with E-state index in [0.717, 1.165) is 15.2 Å². The van der Waals surface area contributed by atoms with Crippen molar-refractivity contribution in [1.82, 2.24) is 0 Å². The van der Waals surface area contributed by atoms with Crippen molar-refractivity contribution in [2.75, 3.05) is 10.6 Å². The van der Waals surface area contributed by atoms with Crippen LogP contribution in [0.3, 0.4) is 0 Å². The average Bonchev–Trinajstić information content (AvgIpc) is 2.74. The summed E-state index contributed by atoms with van der Waals surface area (Å²) >= 11 is 9.61. The van der Waals surface area contributed by atoms with E-state index in [-0.39, 0.29) is 11.8 Å². The number of halogens is 2. The average molecular weight is 480 g/mol. The summed E-state index contributed by atoms with van der Waals surface area (Å²) in [4.78, 5) is 25.4. The summed E-state index contributed by atoms with van der Waals surface area (Å²) in [5, 5.41) is 7.91. The minimum atomic E-state index is -0.317. The molecule has 0 saturated heterocycles. The van der Waals surface area contributed by atoms with Crippen LogP contribution in [0.15, 0.2) is 89.4 Å². The van der Waals surface area contributed by atoms with Crippen LogP contribution in [0.1, 0.15) is 20.7 Å². The number of benzene rings is 4. The molecule has 30 heavy (non-hydrogen) atoms. The topological polar surface area (TPSA) is 58.2 Å². The van der Waals surface area contributed by atoms with Gasteiger partial charge in [0.25, 0.3) is 11.8 Å². The molecule has 6 heteroatoms. The van der Waals surface area contributed by atoms with E-state index in [1.165, 1.54) is 0 Å². The first kappa shape index (κ1) is 20.1. The predicted octanol–water partition coefficient (Wildman–Crippen LogP) is 6.76. The third-order valence-electron chi connectivity index (χ3n) is 4.61. The van der Waals surface area contributed by atoms with Crippen molar-refractivity contribution in [3.05, 3.63) is 106 Å². The van der Waals surface area contributed by atoms with Gasteiger partial charge in [0.15, 0.2) is 0 Å². The molecular formula is C24H16BrClN2O2. The van der Waals surface area contributed by atoms with Crippen molar-refractivity contribution in [2.45, 2.75) is 0 Å². The van der Waals surface area contributed by atoms with Crippen molar-refractivity contribution in [3.8, 4) is 0 Å². The Kier molecular flexibility index (Phi) is 5.84. The maximum absolute atomic E-state index is 12.9. The molecule has 2 N–H and O–H groups in total. The molecule has 0 fully saturated rings. The molecule has 4 nitrogen and oxygen atoms in total. The number of anilines is 2. The SMILES string of the molecule is O=C(Nc1cccc(NC(=O)c2cccc3c(Br)cccc23)c1)c1ccccc1Cl. The van der Waals surface area contributed by atoms with Crippen LogP contribution in [-0.2, 0) is 0 Å². The molecule has 4 aromatic carbocycles. The Morgan fingerprint density at radius 3 is 1.97 bits per heavy atom. The number of fused-ring (bicyclic) bond motifs is 1. The third-order valence-corrected chi connectivity index (χ3v) is 5.63. The lowest BCUT2D eigenvalue weighted by Crippen LogP contribution is -2.14. The molecule has 0 heterocycles. The number of carbonyl (C=O) groups excluding carboxylic acids is 2. The second-order valence-electron chi connectivity index (χ2n) is 6.61. The quantitative estimate of drug-likeness (QED) is 0.340.